The van der Waals surface area contributed by atoms with Gasteiger partial charge in [-0.05, 0) is 16.7 Å². The minimum Gasteiger partial charge on any atom is -0.452 e. The van der Waals surface area contributed by atoms with Gasteiger partial charge in [-0.2, -0.15) is 0 Å². The summed E-state index contributed by atoms with van der Waals surface area (Å²) in [6.07, 6.45) is 2.42. The lowest BCUT2D eigenvalue weighted by atomic mass is 9.90. The molecule has 1 aliphatic rings. The number of amides is 1. The van der Waals surface area contributed by atoms with E-state index >= 15 is 0 Å². The lowest BCUT2D eigenvalue weighted by molar-refractivity contribution is -0.234. The first kappa shape index (κ1) is 30.9. The molecule has 220 valence electrons. The van der Waals surface area contributed by atoms with E-state index in [1.807, 2.05) is 91.0 Å². The molecule has 0 saturated carbocycles. The summed E-state index contributed by atoms with van der Waals surface area (Å²) in [7, 11) is 0. The van der Waals surface area contributed by atoms with Gasteiger partial charge in [-0.15, -0.1) is 6.42 Å². The minimum absolute atomic E-state index is 0.140. The van der Waals surface area contributed by atoms with Crippen LogP contribution in [0.5, 0.6) is 0 Å². The second-order valence-electron chi connectivity index (χ2n) is 10.0. The first-order valence-corrected chi connectivity index (χ1v) is 14.0. The van der Waals surface area contributed by atoms with Crippen molar-refractivity contribution >= 4 is 11.9 Å². The van der Waals surface area contributed by atoms with Gasteiger partial charge in [0.2, 0.25) is 5.91 Å². The highest BCUT2D eigenvalue weighted by atomic mass is 16.6. The number of terminal acetylenes is 1. The van der Waals surface area contributed by atoms with Crippen LogP contribution in [0.4, 0.5) is 0 Å². The number of carbonyl (C=O) groups is 2. The van der Waals surface area contributed by atoms with Crippen molar-refractivity contribution in [1.29, 1.82) is 0 Å². The maximum absolute atomic E-state index is 12.7. The second kappa shape index (κ2) is 16.4. The molecule has 8 heteroatoms. The van der Waals surface area contributed by atoms with E-state index in [-0.39, 0.29) is 38.8 Å². The molecular formula is C34H37NO7. The van der Waals surface area contributed by atoms with Crippen molar-refractivity contribution in [3.63, 3.8) is 0 Å². The molecule has 1 fully saturated rings. The largest absolute Gasteiger partial charge is 0.452 e. The van der Waals surface area contributed by atoms with E-state index < -0.39 is 36.4 Å². The van der Waals surface area contributed by atoms with Crippen molar-refractivity contribution in [3.8, 4) is 12.3 Å². The number of nitrogens with one attached hydrogen (secondary N) is 1. The predicted octanol–water partition coefficient (Wildman–Crippen LogP) is 4.21. The topological polar surface area (TPSA) is 92.3 Å². The zero-order valence-electron chi connectivity index (χ0n) is 23.7. The Kier molecular flexibility index (Phi) is 12.1. The molecule has 1 saturated heterocycles. The maximum Gasteiger partial charge on any atom is 0.309 e. The molecule has 0 bridgehead atoms. The SMILES string of the molecule is C#CCOC(=O)C[C@H]1O[C@H](COCc2ccccc2)[C@@H](OCc2ccccc2)[C@H](OCc2ccccc2)[C@H]1NC(C)=O. The first-order valence-electron chi connectivity index (χ1n) is 14.0. The van der Waals surface area contributed by atoms with Gasteiger partial charge < -0.3 is 29.0 Å². The molecule has 0 spiro atoms. The number of hydrogen-bond donors (Lipinski definition) is 1. The monoisotopic (exact) mass is 571 g/mol. The maximum atomic E-state index is 12.7. The second-order valence-corrected chi connectivity index (χ2v) is 10.0. The van der Waals surface area contributed by atoms with E-state index in [0.29, 0.717) is 6.61 Å². The van der Waals surface area contributed by atoms with Crippen LogP contribution < -0.4 is 5.32 Å². The van der Waals surface area contributed by atoms with Crippen molar-refractivity contribution in [1.82, 2.24) is 5.32 Å². The quantitative estimate of drug-likeness (QED) is 0.229. The molecule has 1 aliphatic heterocycles. The third-order valence-corrected chi connectivity index (χ3v) is 6.81. The van der Waals surface area contributed by atoms with Crippen LogP contribution in [0.1, 0.15) is 30.0 Å². The Balaban J connectivity index is 1.62. The van der Waals surface area contributed by atoms with E-state index in [1.165, 1.54) is 6.92 Å². The van der Waals surface area contributed by atoms with E-state index in [1.54, 1.807) is 0 Å². The molecule has 3 aromatic rings. The van der Waals surface area contributed by atoms with Gasteiger partial charge in [0.25, 0.3) is 0 Å². The number of hydrogen-bond acceptors (Lipinski definition) is 7. The van der Waals surface area contributed by atoms with Crippen LogP contribution in [-0.2, 0) is 53.1 Å². The molecule has 3 aromatic carbocycles. The molecule has 1 heterocycles. The molecule has 5 atom stereocenters. The molecule has 4 rings (SSSR count). The molecular weight excluding hydrogens is 534 g/mol. The zero-order valence-corrected chi connectivity index (χ0v) is 23.7. The molecule has 0 aromatic heterocycles. The Morgan fingerprint density at radius 1 is 0.786 bits per heavy atom. The van der Waals surface area contributed by atoms with Gasteiger partial charge in [0.05, 0.1) is 45.0 Å². The lowest BCUT2D eigenvalue weighted by Crippen LogP contribution is -2.65. The summed E-state index contributed by atoms with van der Waals surface area (Å²) < 4.78 is 30.7. The third-order valence-electron chi connectivity index (χ3n) is 6.81. The highest BCUT2D eigenvalue weighted by Gasteiger charge is 2.48. The molecule has 1 N–H and O–H groups in total. The van der Waals surface area contributed by atoms with E-state index in [4.69, 9.17) is 30.1 Å². The molecule has 0 aliphatic carbocycles. The van der Waals surface area contributed by atoms with Gasteiger partial charge in [0, 0.05) is 6.92 Å². The number of carbonyl (C=O) groups excluding carboxylic acids is 2. The van der Waals surface area contributed by atoms with Gasteiger partial charge in [-0.25, -0.2) is 0 Å². The van der Waals surface area contributed by atoms with Crippen LogP contribution in [0.2, 0.25) is 0 Å². The third kappa shape index (κ3) is 9.54. The van der Waals surface area contributed by atoms with Crippen molar-refractivity contribution < 1.29 is 33.3 Å². The zero-order chi connectivity index (χ0) is 29.6. The summed E-state index contributed by atoms with van der Waals surface area (Å²) in [6, 6.07) is 28.6. The number of ether oxygens (including phenoxy) is 5. The van der Waals surface area contributed by atoms with Gasteiger partial charge in [0.1, 0.15) is 18.3 Å². The number of benzene rings is 3. The lowest BCUT2D eigenvalue weighted by Gasteiger charge is -2.46. The van der Waals surface area contributed by atoms with Crippen molar-refractivity contribution in [2.45, 2.75) is 63.6 Å². The highest BCUT2D eigenvalue weighted by Crippen LogP contribution is 2.30. The summed E-state index contributed by atoms with van der Waals surface area (Å²) >= 11 is 0. The average Bonchev–Trinajstić information content (AvgIpc) is 3.01. The Hall–Kier alpha value is -4.00. The van der Waals surface area contributed by atoms with Crippen LogP contribution in [0.3, 0.4) is 0 Å². The summed E-state index contributed by atoms with van der Waals surface area (Å²) in [5, 5.41) is 2.95. The van der Waals surface area contributed by atoms with E-state index in [9.17, 15) is 9.59 Å². The molecule has 8 nitrogen and oxygen atoms in total. The van der Waals surface area contributed by atoms with Crippen LogP contribution in [0.25, 0.3) is 0 Å². The molecule has 0 radical (unpaired) electrons. The fraction of sp³-hybridized carbons (Fsp3) is 0.353. The van der Waals surface area contributed by atoms with Crippen LogP contribution in [-0.4, -0.2) is 55.5 Å². The Labute approximate surface area is 247 Å². The summed E-state index contributed by atoms with van der Waals surface area (Å²) in [5.41, 5.74) is 2.94. The Bertz CT molecular complexity index is 1280. The highest BCUT2D eigenvalue weighted by molar-refractivity contribution is 5.74. The van der Waals surface area contributed by atoms with E-state index in [0.717, 1.165) is 16.7 Å². The Morgan fingerprint density at radius 3 is 1.83 bits per heavy atom. The fourth-order valence-electron chi connectivity index (χ4n) is 4.88. The average molecular weight is 572 g/mol. The van der Waals surface area contributed by atoms with E-state index in [2.05, 4.69) is 11.2 Å². The standard InChI is InChI=1S/C34H37NO7/c1-3-19-39-31(37)20-29-32(35-25(2)36)34(41-23-28-17-11-6-12-18-28)33(40-22-27-15-9-5-10-16-27)30(42-29)24-38-21-26-13-7-4-8-14-26/h1,4-18,29-30,32-34H,19-24H2,2H3,(H,35,36)/t29-,30-,32+,33-,34-/m1/s1. The van der Waals surface area contributed by atoms with Gasteiger partial charge in [0.15, 0.2) is 6.61 Å². The fourth-order valence-corrected chi connectivity index (χ4v) is 4.88. The van der Waals surface area contributed by atoms with Crippen molar-refractivity contribution in [2.24, 2.45) is 0 Å². The van der Waals surface area contributed by atoms with Gasteiger partial charge in [-0.1, -0.05) is 96.9 Å². The smallest absolute Gasteiger partial charge is 0.309 e. The van der Waals surface area contributed by atoms with Crippen molar-refractivity contribution in [3.05, 3.63) is 108 Å². The summed E-state index contributed by atoms with van der Waals surface area (Å²) in [6.45, 7) is 2.34. The van der Waals surface area contributed by atoms with Gasteiger partial charge in [-0.3, -0.25) is 9.59 Å². The normalized spacial score (nSPS) is 21.7. The minimum atomic E-state index is -0.776. The van der Waals surface area contributed by atoms with Crippen molar-refractivity contribution in [2.75, 3.05) is 13.2 Å². The van der Waals surface area contributed by atoms with Crippen LogP contribution in [0, 0.1) is 12.3 Å². The van der Waals surface area contributed by atoms with Crippen LogP contribution >= 0.6 is 0 Å². The summed E-state index contributed by atoms with van der Waals surface area (Å²) in [4.78, 5) is 25.1. The first-order chi connectivity index (χ1) is 20.5. The summed E-state index contributed by atoms with van der Waals surface area (Å²) in [5.74, 6) is 1.47. The number of esters is 1. The molecule has 0 unspecified atom stereocenters. The number of rotatable bonds is 14. The molecule has 1 amide bonds. The van der Waals surface area contributed by atoms with Crippen LogP contribution in [0.15, 0.2) is 91.0 Å². The predicted molar refractivity (Wildman–Crippen MR) is 157 cm³/mol. The van der Waals surface area contributed by atoms with Gasteiger partial charge >= 0.3 is 5.97 Å². The molecule has 42 heavy (non-hydrogen) atoms. The Morgan fingerprint density at radius 2 is 1.31 bits per heavy atom.